The predicted molar refractivity (Wildman–Crippen MR) is 220 cm³/mol. The highest BCUT2D eigenvalue weighted by molar-refractivity contribution is 8.01. The number of aryl methyl sites for hydroxylation is 1. The molecule has 2 atom stereocenters. The summed E-state index contributed by atoms with van der Waals surface area (Å²) in [5.74, 6) is -4.57. The third kappa shape index (κ3) is 8.77. The normalized spacial score (nSPS) is 16.3. The minimum absolute atomic E-state index is 0.0585. The number of ether oxygens (including phenoxy) is 1. The predicted octanol–water partition coefficient (Wildman–Crippen LogP) is 2.02. The van der Waals surface area contributed by atoms with Crippen LogP contribution in [0.2, 0.25) is 0 Å². The number of nitrogens with zero attached hydrogens (tertiary/aromatic N) is 7. The first-order chi connectivity index (χ1) is 29.4. The Bertz CT molecular complexity index is 2740. The van der Waals surface area contributed by atoms with E-state index in [1.54, 1.807) is 13.0 Å². The van der Waals surface area contributed by atoms with Crippen LogP contribution in [0.5, 0.6) is 23.0 Å². The molecule has 0 unspecified atom stereocenters. The van der Waals surface area contributed by atoms with Crippen LogP contribution in [-0.4, -0.2) is 119 Å². The van der Waals surface area contributed by atoms with E-state index in [2.05, 4.69) is 41.4 Å². The average Bonchev–Trinajstić information content (AvgIpc) is 3.86. The van der Waals surface area contributed by atoms with Crippen molar-refractivity contribution in [3.8, 4) is 34.4 Å². The van der Waals surface area contributed by atoms with Gasteiger partial charge >= 0.3 is 6.16 Å². The molecule has 4 amide bonds. The largest absolute Gasteiger partial charge is 0.512 e. The number of nitrogen functional groups attached to an aromatic ring is 1. The van der Waals surface area contributed by atoms with Crippen molar-refractivity contribution in [3.05, 3.63) is 76.3 Å². The van der Waals surface area contributed by atoms with Crippen molar-refractivity contribution in [2.75, 3.05) is 17.2 Å². The third-order valence-corrected chi connectivity index (χ3v) is 12.0. The molecule has 26 heteroatoms. The van der Waals surface area contributed by atoms with Crippen LogP contribution in [0.25, 0.3) is 17.2 Å². The lowest BCUT2D eigenvalue weighted by molar-refractivity contribution is -0.148. The number of amides is 4. The van der Waals surface area contributed by atoms with E-state index in [1.165, 1.54) is 71.5 Å². The van der Waals surface area contributed by atoms with E-state index in [0.717, 1.165) is 28.4 Å². The summed E-state index contributed by atoms with van der Waals surface area (Å²) in [4.78, 5) is 84.4. The van der Waals surface area contributed by atoms with Crippen LogP contribution in [0.1, 0.15) is 35.6 Å². The van der Waals surface area contributed by atoms with E-state index in [1.807, 2.05) is 0 Å². The quantitative estimate of drug-likeness (QED) is 0.0164. The molecule has 1 saturated heterocycles. The number of thiazole rings is 1. The van der Waals surface area contributed by atoms with E-state index >= 15 is 0 Å². The van der Waals surface area contributed by atoms with E-state index < -0.39 is 64.0 Å². The number of oxime groups is 1. The summed E-state index contributed by atoms with van der Waals surface area (Å²) in [7, 11) is 0. The number of phenolic OH excluding ortho intramolecular Hbond substituents is 4. The molecule has 3 aromatic heterocycles. The van der Waals surface area contributed by atoms with Crippen LogP contribution < -0.4 is 21.9 Å². The van der Waals surface area contributed by atoms with Gasteiger partial charge in [0.25, 0.3) is 29.4 Å². The summed E-state index contributed by atoms with van der Waals surface area (Å²) < 4.78 is 6.61. The number of β-lactam (4-membered cyclic amide) rings is 1. The molecule has 5 aromatic rings. The number of fused-ring (bicyclic) bond motifs is 2. The van der Waals surface area contributed by atoms with Crippen LogP contribution in [0.15, 0.2) is 69.5 Å². The smallest absolute Gasteiger partial charge is 0.504 e. The molecule has 0 bridgehead atoms. The van der Waals surface area contributed by atoms with Crippen molar-refractivity contribution < 1.29 is 59.1 Å². The second-order valence-electron chi connectivity index (χ2n) is 13.7. The van der Waals surface area contributed by atoms with E-state index in [9.17, 15) is 49.5 Å². The number of carboxylic acid groups (broad SMARTS) is 1. The van der Waals surface area contributed by atoms with Gasteiger partial charge in [-0.2, -0.15) is 9.50 Å². The van der Waals surface area contributed by atoms with Crippen molar-refractivity contribution in [1.82, 2.24) is 45.6 Å². The first-order valence-corrected chi connectivity index (χ1v) is 20.7. The van der Waals surface area contributed by atoms with Crippen LogP contribution in [-0.2, 0) is 24.0 Å². The first-order valence-electron chi connectivity index (χ1n) is 17.8. The summed E-state index contributed by atoms with van der Waals surface area (Å²) in [6, 6.07) is 7.93. The number of nitrogens with one attached hydrogen (secondary N) is 3. The molecule has 23 nitrogen and oxygen atoms in total. The molecule has 0 aliphatic carbocycles. The lowest BCUT2D eigenvalue weighted by Gasteiger charge is -2.49. The van der Waals surface area contributed by atoms with Crippen LogP contribution >= 0.6 is 34.9 Å². The Kier molecular flexibility index (Phi) is 11.7. The van der Waals surface area contributed by atoms with E-state index in [-0.39, 0.29) is 56.9 Å². The number of rotatable bonds is 12. The molecule has 1 fully saturated rings. The summed E-state index contributed by atoms with van der Waals surface area (Å²) in [5, 5.41) is 60.7. The van der Waals surface area contributed by atoms with Gasteiger partial charge in [0.1, 0.15) is 22.1 Å². The lowest BCUT2D eigenvalue weighted by atomic mass is 10.1. The zero-order chi connectivity index (χ0) is 44.6. The standard InChI is InChI=1S/C36H33N11O12S3/c1-14-8-23(47-34(38-14)41-26(44-47)15-4-6-19(48)21(50)9-15)60-11-17-12-61-31-25(29(54)46(31)30(17)58-35(56)57)40-28(53)24(18-13-62-33(37)39-18)45-59-36(2,3)32(55)43-42-27(52)16-5-7-20(49)22(51)10-16/h4-10,13,25,31,48-51H,11-12H2,1-3H3,(H2,37,39)(H,40,53)(H,42,52)(H,43,55)(H,56,57)/b45-24-/t25-,31-/m1/s1. The van der Waals surface area contributed by atoms with Crippen molar-refractivity contribution in [2.24, 2.45) is 5.16 Å². The second-order valence-corrected chi connectivity index (χ2v) is 16.7. The molecular formula is C36H33N11O12S3. The van der Waals surface area contributed by atoms with Gasteiger partial charge in [-0.3, -0.25) is 34.9 Å². The second kappa shape index (κ2) is 17.0. The maximum atomic E-state index is 13.8. The van der Waals surface area contributed by atoms with Gasteiger partial charge < -0.3 is 46.2 Å². The number of benzene rings is 2. The highest BCUT2D eigenvalue weighted by Gasteiger charge is 2.54. The SMILES string of the molecule is Cc1cc(SCC2=C(OC(=O)O)N3C(=O)[C@@H](NC(=O)/C(=N\OC(C)(C)C(=O)NNC(=O)c4ccc(O)c(O)c4)c4csc(N)n4)[C@H]3SC2)n2nc(-c3ccc(O)c(O)c3)nc2n1. The fraction of sp³-hybridized carbons (Fsp3) is 0.222. The van der Waals surface area contributed by atoms with Gasteiger partial charge in [-0.1, -0.05) is 5.16 Å². The van der Waals surface area contributed by atoms with Gasteiger partial charge in [-0.25, -0.2) is 14.8 Å². The van der Waals surface area contributed by atoms with Crippen LogP contribution in [0.3, 0.4) is 0 Å². The van der Waals surface area contributed by atoms with Gasteiger partial charge in [-0.15, -0.1) is 40.0 Å². The molecule has 62 heavy (non-hydrogen) atoms. The molecule has 0 spiro atoms. The number of carbonyl (C=O) groups excluding carboxylic acids is 4. The van der Waals surface area contributed by atoms with Gasteiger partial charge in [-0.05, 0) is 63.2 Å². The molecule has 5 heterocycles. The number of phenols is 4. The van der Waals surface area contributed by atoms with Crippen molar-refractivity contribution in [1.29, 1.82) is 0 Å². The Morgan fingerprint density at radius 3 is 2.40 bits per heavy atom. The Hall–Kier alpha value is -7.32. The molecular weight excluding hydrogens is 875 g/mol. The third-order valence-electron chi connectivity index (χ3n) is 8.92. The van der Waals surface area contributed by atoms with E-state index in [4.69, 9.17) is 15.3 Å². The Labute approximate surface area is 360 Å². The fourth-order valence-corrected chi connectivity index (χ4v) is 8.77. The average molecular weight is 908 g/mol. The van der Waals surface area contributed by atoms with Crippen molar-refractivity contribution in [3.63, 3.8) is 0 Å². The zero-order valence-electron chi connectivity index (χ0n) is 32.2. The van der Waals surface area contributed by atoms with Gasteiger partial charge in [0.05, 0.1) is 0 Å². The Morgan fingerprint density at radius 2 is 1.73 bits per heavy atom. The van der Waals surface area contributed by atoms with Crippen LogP contribution in [0.4, 0.5) is 9.93 Å². The molecule has 0 saturated carbocycles. The number of aromatic nitrogens is 5. The molecule has 7 rings (SSSR count). The summed E-state index contributed by atoms with van der Waals surface area (Å²) >= 11 is 3.44. The summed E-state index contributed by atoms with van der Waals surface area (Å²) in [6.45, 7) is 4.30. The number of hydrogen-bond acceptors (Lipinski definition) is 20. The van der Waals surface area contributed by atoms with E-state index in [0.29, 0.717) is 21.9 Å². The number of hydrazine groups is 1. The number of aromatic hydroxyl groups is 4. The van der Waals surface area contributed by atoms with Gasteiger partial charge in [0.2, 0.25) is 11.5 Å². The molecule has 2 aliphatic rings. The maximum absolute atomic E-state index is 13.8. The van der Waals surface area contributed by atoms with Gasteiger partial charge in [0.15, 0.2) is 39.7 Å². The summed E-state index contributed by atoms with van der Waals surface area (Å²) in [5.41, 5.74) is 9.09. The van der Waals surface area contributed by atoms with Crippen molar-refractivity contribution in [2.45, 2.75) is 42.8 Å². The number of anilines is 1. The first kappa shape index (κ1) is 42.8. The molecule has 322 valence electrons. The molecule has 2 aliphatic heterocycles. The maximum Gasteiger partial charge on any atom is 0.512 e. The minimum Gasteiger partial charge on any atom is -0.504 e. The number of thioether (sulfide) groups is 2. The highest BCUT2D eigenvalue weighted by Crippen LogP contribution is 2.42. The Balaban J connectivity index is 1.05. The fourth-order valence-electron chi connectivity index (χ4n) is 5.72. The number of carbonyl (C=O) groups is 5. The van der Waals surface area contributed by atoms with Crippen molar-refractivity contribution >= 4 is 81.3 Å². The van der Waals surface area contributed by atoms with Gasteiger partial charge in [0, 0.05) is 39.3 Å². The monoisotopic (exact) mass is 907 g/mol. The van der Waals surface area contributed by atoms with Crippen LogP contribution in [0, 0.1) is 6.92 Å². The topological polar surface area (TPSA) is 339 Å². The number of hydrogen-bond donors (Lipinski definition) is 9. The zero-order valence-corrected chi connectivity index (χ0v) is 34.7. The number of nitrogens with two attached hydrogens (primary N) is 1. The summed E-state index contributed by atoms with van der Waals surface area (Å²) in [6.07, 6.45) is -1.67. The molecule has 0 radical (unpaired) electrons. The Morgan fingerprint density at radius 1 is 1.00 bits per heavy atom. The molecule has 10 N–H and O–H groups in total. The highest BCUT2D eigenvalue weighted by atomic mass is 32.2. The minimum atomic E-state index is -1.84. The lowest BCUT2D eigenvalue weighted by Crippen LogP contribution is -2.70. The molecule has 2 aromatic carbocycles.